The van der Waals surface area contributed by atoms with Crippen LogP contribution in [0.25, 0.3) is 0 Å². The molecule has 5 heterocycles. The number of fused-ring (bicyclic) bond motifs is 2. The van der Waals surface area contributed by atoms with E-state index in [1.807, 2.05) is 25.1 Å². The molecular weight excluding hydrogens is 853 g/mol. The summed E-state index contributed by atoms with van der Waals surface area (Å²) in [5, 5.41) is 8.88. The van der Waals surface area contributed by atoms with Crippen molar-refractivity contribution in [1.29, 1.82) is 0 Å². The van der Waals surface area contributed by atoms with Gasteiger partial charge in [-0.1, -0.05) is 37.7 Å². The van der Waals surface area contributed by atoms with Gasteiger partial charge in [0.05, 0.1) is 25.6 Å². The number of amides is 5. The molecule has 4 aliphatic heterocycles. The first-order chi connectivity index (χ1) is 32.5. The maximum absolute atomic E-state index is 13.4. The molecule has 8 rings (SSSR count). The van der Waals surface area contributed by atoms with E-state index < -0.39 is 11.9 Å². The first-order valence-corrected chi connectivity index (χ1v) is 24.0. The summed E-state index contributed by atoms with van der Waals surface area (Å²) in [6, 6.07) is 10.3. The molecule has 2 saturated heterocycles. The molecule has 17 nitrogen and oxygen atoms in total. The van der Waals surface area contributed by atoms with Crippen LogP contribution in [0.2, 0.25) is 0 Å². The lowest BCUT2D eigenvalue weighted by Crippen LogP contribution is -2.55. The molecule has 3 fully saturated rings. The van der Waals surface area contributed by atoms with Crippen molar-refractivity contribution < 1.29 is 33.4 Å². The minimum absolute atomic E-state index is 0.0710. The van der Waals surface area contributed by atoms with Crippen molar-refractivity contribution in [3.8, 4) is 17.6 Å². The largest absolute Gasteiger partial charge is 0.495 e. The minimum Gasteiger partial charge on any atom is -0.495 e. The topological polar surface area (TPSA) is 182 Å². The van der Waals surface area contributed by atoms with Crippen LogP contribution in [0.5, 0.6) is 5.75 Å². The van der Waals surface area contributed by atoms with Crippen molar-refractivity contribution in [2.75, 3.05) is 82.3 Å². The number of hydrogen-bond acceptors (Lipinski definition) is 13. The van der Waals surface area contributed by atoms with Gasteiger partial charge in [-0.25, -0.2) is 4.98 Å². The molecule has 2 atom stereocenters. The molecule has 1 unspecified atom stereocenters. The molecule has 3 N–H and O–H groups in total. The van der Waals surface area contributed by atoms with Crippen molar-refractivity contribution in [3.63, 3.8) is 0 Å². The van der Waals surface area contributed by atoms with Gasteiger partial charge in [0.1, 0.15) is 23.5 Å². The SMILES string of the molecule is CC[C@@H]1C(=O)N(C)c2cnc(Nc3ccc(C(=O)NC4CCN(CCOCCCN(C)CCC#Cc5cccc6c5CN(C5CCC(=O)NC5=O)C6=O)CC4)cc3OC)nc2N1C1CCCC1. The summed E-state index contributed by atoms with van der Waals surface area (Å²) in [4.78, 5) is 83.5. The first kappa shape index (κ1) is 47.4. The third kappa shape index (κ3) is 10.9. The van der Waals surface area contributed by atoms with Crippen molar-refractivity contribution in [3.05, 3.63) is 64.8 Å². The molecule has 0 bridgehead atoms. The molecule has 1 aromatic heterocycles. The highest BCUT2D eigenvalue weighted by Gasteiger charge is 2.42. The van der Waals surface area contributed by atoms with E-state index in [-0.39, 0.29) is 48.2 Å². The van der Waals surface area contributed by atoms with Crippen molar-refractivity contribution in [2.24, 2.45) is 0 Å². The molecule has 67 heavy (non-hydrogen) atoms. The van der Waals surface area contributed by atoms with Gasteiger partial charge in [0.15, 0.2) is 5.82 Å². The van der Waals surface area contributed by atoms with Gasteiger partial charge in [0, 0.05) is 94.5 Å². The Hall–Kier alpha value is -6.09. The van der Waals surface area contributed by atoms with E-state index in [4.69, 9.17) is 14.5 Å². The Kier molecular flexibility index (Phi) is 15.3. The number of anilines is 4. The number of piperidine rings is 2. The van der Waals surface area contributed by atoms with Crippen molar-refractivity contribution in [1.82, 2.24) is 35.3 Å². The summed E-state index contributed by atoms with van der Waals surface area (Å²) in [5.74, 6) is 7.19. The van der Waals surface area contributed by atoms with Crippen LogP contribution >= 0.6 is 0 Å². The summed E-state index contributed by atoms with van der Waals surface area (Å²) >= 11 is 0. The predicted octanol–water partition coefficient (Wildman–Crippen LogP) is 4.47. The van der Waals surface area contributed by atoms with Gasteiger partial charge in [-0.2, -0.15) is 4.98 Å². The fourth-order valence-electron chi connectivity index (χ4n) is 10.0. The number of carbonyl (C=O) groups is 5. The maximum atomic E-state index is 13.4. The number of methoxy groups -OCH3 is 1. The van der Waals surface area contributed by atoms with Gasteiger partial charge in [-0.3, -0.25) is 29.3 Å². The predicted molar refractivity (Wildman–Crippen MR) is 254 cm³/mol. The summed E-state index contributed by atoms with van der Waals surface area (Å²) in [5.41, 5.74) is 4.06. The number of benzene rings is 2. The molecule has 1 aliphatic carbocycles. The van der Waals surface area contributed by atoms with E-state index in [1.165, 1.54) is 0 Å². The maximum Gasteiger partial charge on any atom is 0.255 e. The molecule has 1 saturated carbocycles. The second kappa shape index (κ2) is 21.7. The van der Waals surface area contributed by atoms with Crippen LogP contribution in [0.1, 0.15) is 109 Å². The molecule has 0 radical (unpaired) electrons. The Morgan fingerprint density at radius 2 is 1.82 bits per heavy atom. The average Bonchev–Trinajstić information content (AvgIpc) is 3.99. The lowest BCUT2D eigenvalue weighted by atomic mass is 10.0. The summed E-state index contributed by atoms with van der Waals surface area (Å²) < 4.78 is 11.7. The van der Waals surface area contributed by atoms with E-state index in [2.05, 4.69) is 54.5 Å². The van der Waals surface area contributed by atoms with Gasteiger partial charge in [-0.15, -0.1) is 0 Å². The van der Waals surface area contributed by atoms with Crippen LogP contribution in [-0.2, 0) is 25.7 Å². The average molecular weight is 917 g/mol. The van der Waals surface area contributed by atoms with E-state index in [0.29, 0.717) is 73.2 Å². The van der Waals surface area contributed by atoms with Crippen LogP contribution in [0.4, 0.5) is 23.1 Å². The standard InChI is InChI=1S/C50H64N10O7/c1-5-40-49(65)57(3)42-31-51-50(55-45(42)60(40)36-14-6-7-15-36)53-39-18-17-34(30-43(39)66-4)46(62)52-35-21-25-58(26-22-35)27-29-67-28-11-24-56(2)23-9-8-12-33-13-10-16-37-38(33)32-59(48(37)64)41-19-20-44(61)54-47(41)63/h10,13,16-18,30-31,35-36,40-41H,5-7,9,11,14-15,19-29,32H2,1-4H3,(H,52,62)(H,51,53,55)(H,54,61,63)/t40-,41?/m1/s1. The van der Waals surface area contributed by atoms with Crippen molar-refractivity contribution >= 4 is 52.7 Å². The number of aromatic nitrogens is 2. The smallest absolute Gasteiger partial charge is 0.255 e. The third-order valence-corrected chi connectivity index (χ3v) is 13.8. The summed E-state index contributed by atoms with van der Waals surface area (Å²) in [6.07, 6.45) is 10.6. The fraction of sp³-hybridized carbons (Fsp3) is 0.540. The number of nitrogens with zero attached hydrogens (tertiary/aromatic N) is 7. The number of nitrogens with one attached hydrogen (secondary N) is 3. The Labute approximate surface area is 393 Å². The van der Waals surface area contributed by atoms with Crippen LogP contribution in [0.15, 0.2) is 42.6 Å². The van der Waals surface area contributed by atoms with E-state index in [9.17, 15) is 24.0 Å². The second-order valence-corrected chi connectivity index (χ2v) is 18.3. The molecule has 5 aliphatic rings. The minimum atomic E-state index is -0.644. The van der Waals surface area contributed by atoms with Gasteiger partial charge in [0.25, 0.3) is 11.8 Å². The molecule has 356 valence electrons. The number of likely N-dealkylation sites (tertiary alicyclic amines) is 1. The van der Waals surface area contributed by atoms with Crippen LogP contribution in [0, 0.1) is 11.8 Å². The number of carbonyl (C=O) groups excluding carboxylic acids is 5. The Balaban J connectivity index is 0.721. The third-order valence-electron chi connectivity index (χ3n) is 13.8. The zero-order valence-electron chi connectivity index (χ0n) is 39.3. The van der Waals surface area contributed by atoms with Gasteiger partial charge >= 0.3 is 0 Å². The highest BCUT2D eigenvalue weighted by atomic mass is 16.5. The fourth-order valence-corrected chi connectivity index (χ4v) is 10.0. The zero-order chi connectivity index (χ0) is 47.0. The second-order valence-electron chi connectivity index (χ2n) is 18.3. The monoisotopic (exact) mass is 916 g/mol. The normalized spacial score (nSPS) is 20.2. The van der Waals surface area contributed by atoms with E-state index in [0.717, 1.165) is 94.6 Å². The van der Waals surface area contributed by atoms with Crippen LogP contribution < -0.4 is 30.5 Å². The quantitative estimate of drug-likeness (QED) is 0.0982. The number of ether oxygens (including phenoxy) is 2. The Morgan fingerprint density at radius 3 is 2.58 bits per heavy atom. The molecule has 2 aromatic carbocycles. The number of likely N-dealkylation sites (N-methyl/N-ethyl adjacent to an activating group) is 1. The Morgan fingerprint density at radius 1 is 1.01 bits per heavy atom. The van der Waals surface area contributed by atoms with Gasteiger partial charge < -0.3 is 44.6 Å². The lowest BCUT2D eigenvalue weighted by molar-refractivity contribution is -0.137. The zero-order valence-corrected chi connectivity index (χ0v) is 39.3. The highest BCUT2D eigenvalue weighted by molar-refractivity contribution is 6.06. The van der Waals surface area contributed by atoms with Crippen molar-refractivity contribution in [2.45, 2.75) is 108 Å². The number of imide groups is 1. The van der Waals surface area contributed by atoms with E-state index in [1.54, 1.807) is 48.4 Å². The van der Waals surface area contributed by atoms with Gasteiger partial charge in [-0.05, 0) is 87.9 Å². The molecule has 0 spiro atoms. The number of rotatable bonds is 17. The summed E-state index contributed by atoms with van der Waals surface area (Å²) in [7, 11) is 5.44. The van der Waals surface area contributed by atoms with Gasteiger partial charge in [0.2, 0.25) is 23.7 Å². The van der Waals surface area contributed by atoms with E-state index >= 15 is 0 Å². The molecule has 3 aromatic rings. The first-order valence-electron chi connectivity index (χ1n) is 24.0. The molecule has 5 amide bonds. The summed E-state index contributed by atoms with van der Waals surface area (Å²) in [6.45, 7) is 7.99. The highest BCUT2D eigenvalue weighted by Crippen LogP contribution is 2.40. The van der Waals surface area contributed by atoms with Crippen LogP contribution in [0.3, 0.4) is 0 Å². The molecular formula is C50H64N10O7. The lowest BCUT2D eigenvalue weighted by Gasteiger charge is -2.43. The van der Waals surface area contributed by atoms with Crippen LogP contribution in [-0.4, -0.2) is 146 Å². The number of hydrogen-bond donors (Lipinski definition) is 3. The Bertz CT molecular complexity index is 2390. The molecule has 17 heteroatoms.